The summed E-state index contributed by atoms with van der Waals surface area (Å²) in [6.07, 6.45) is 6.61. The highest BCUT2D eigenvalue weighted by atomic mass is 19.1. The number of halogens is 1. The molecule has 2 aliphatic rings. The molecule has 0 bridgehead atoms. The van der Waals surface area contributed by atoms with Crippen molar-refractivity contribution >= 4 is 16.9 Å². The maximum Gasteiger partial charge on any atom is 0.146 e. The Morgan fingerprint density at radius 2 is 2.05 bits per heavy atom. The molecule has 5 rings (SSSR count). The van der Waals surface area contributed by atoms with Crippen LogP contribution in [0.15, 0.2) is 46.9 Å². The Balaban J connectivity index is 1.36. The predicted molar refractivity (Wildman–Crippen MR) is 142 cm³/mol. The number of aliphatic hydroxyl groups is 1. The number of nitrogens with zero attached hydrogens (tertiary/aromatic N) is 6. The molecule has 0 radical (unpaired) electrons. The standard InChI is InChI=1S/C27H34FN7O3/c1-17-11-31-35-13-19(10-23(26(17)35)38-16-27(3,36)24-5-4-20(28)12-30-24)25(33-29)18(2)32-21-6-8-34(9-7-21)22-14-37-15-22/h4-5,10-13,21-22,36H,6-9,14-16,29H2,1-3H3/b32-18?,33-25+/t27-/m0/s1. The first-order chi connectivity index (χ1) is 18.2. The molecule has 3 aromatic heterocycles. The fraction of sp³-hybridized carbons (Fsp3) is 0.481. The summed E-state index contributed by atoms with van der Waals surface area (Å²) in [4.78, 5) is 11.5. The number of hydrazone groups is 1. The molecule has 11 heteroatoms. The van der Waals surface area contributed by atoms with Gasteiger partial charge in [0.05, 0.1) is 49.1 Å². The summed E-state index contributed by atoms with van der Waals surface area (Å²) in [5, 5.41) is 19.5. The zero-order valence-corrected chi connectivity index (χ0v) is 22.0. The van der Waals surface area contributed by atoms with E-state index in [-0.39, 0.29) is 12.6 Å². The number of ether oxygens (including phenoxy) is 2. The molecule has 0 saturated carbocycles. The lowest BCUT2D eigenvalue weighted by atomic mass is 10.0. The van der Waals surface area contributed by atoms with Crippen LogP contribution < -0.4 is 10.6 Å². The molecule has 10 nitrogen and oxygen atoms in total. The average molecular weight is 524 g/mol. The van der Waals surface area contributed by atoms with Crippen molar-refractivity contribution in [3.05, 3.63) is 59.4 Å². The number of likely N-dealkylation sites (tertiary alicyclic amines) is 1. The number of aromatic nitrogens is 3. The maximum absolute atomic E-state index is 13.3. The van der Waals surface area contributed by atoms with E-state index in [1.165, 1.54) is 12.1 Å². The largest absolute Gasteiger partial charge is 0.488 e. The normalized spacial score (nSPS) is 19.9. The van der Waals surface area contributed by atoms with E-state index in [1.54, 1.807) is 17.6 Å². The second-order valence-corrected chi connectivity index (χ2v) is 10.3. The van der Waals surface area contributed by atoms with Crippen LogP contribution in [0, 0.1) is 12.7 Å². The van der Waals surface area contributed by atoms with Gasteiger partial charge in [0, 0.05) is 24.8 Å². The molecule has 0 aliphatic carbocycles. The molecule has 5 heterocycles. The molecule has 0 unspecified atom stereocenters. The summed E-state index contributed by atoms with van der Waals surface area (Å²) in [7, 11) is 0. The van der Waals surface area contributed by atoms with Gasteiger partial charge in [-0.2, -0.15) is 10.2 Å². The molecular formula is C27H34FN7O3. The molecule has 202 valence electrons. The van der Waals surface area contributed by atoms with Crippen LogP contribution in [-0.4, -0.2) is 81.0 Å². The van der Waals surface area contributed by atoms with E-state index in [0.29, 0.717) is 28.8 Å². The highest BCUT2D eigenvalue weighted by Gasteiger charge is 2.30. The summed E-state index contributed by atoms with van der Waals surface area (Å²) in [6.45, 7) is 8.97. The van der Waals surface area contributed by atoms with Crippen molar-refractivity contribution in [3.8, 4) is 5.75 Å². The molecule has 38 heavy (non-hydrogen) atoms. The Kier molecular flexibility index (Phi) is 7.42. The van der Waals surface area contributed by atoms with Crippen molar-refractivity contribution in [2.75, 3.05) is 32.9 Å². The Morgan fingerprint density at radius 3 is 2.68 bits per heavy atom. The van der Waals surface area contributed by atoms with Crippen molar-refractivity contribution in [1.29, 1.82) is 0 Å². The van der Waals surface area contributed by atoms with Gasteiger partial charge in [0.2, 0.25) is 0 Å². The van der Waals surface area contributed by atoms with Gasteiger partial charge < -0.3 is 20.4 Å². The van der Waals surface area contributed by atoms with E-state index >= 15 is 0 Å². The number of hydrogen-bond donors (Lipinski definition) is 2. The van der Waals surface area contributed by atoms with Gasteiger partial charge in [-0.3, -0.25) is 14.9 Å². The molecule has 2 aliphatic heterocycles. The summed E-state index contributed by atoms with van der Waals surface area (Å²) in [5.74, 6) is 5.90. The van der Waals surface area contributed by atoms with E-state index in [1.807, 2.05) is 26.1 Å². The zero-order chi connectivity index (χ0) is 26.9. The predicted octanol–water partition coefficient (Wildman–Crippen LogP) is 2.45. The number of pyridine rings is 2. The molecule has 2 saturated heterocycles. The third kappa shape index (κ3) is 5.40. The van der Waals surface area contributed by atoms with Crippen LogP contribution in [0.4, 0.5) is 4.39 Å². The van der Waals surface area contributed by atoms with Crippen LogP contribution >= 0.6 is 0 Å². The van der Waals surface area contributed by atoms with Crippen LogP contribution in [0.1, 0.15) is 43.5 Å². The lowest BCUT2D eigenvalue weighted by Crippen LogP contribution is -2.52. The first kappa shape index (κ1) is 26.2. The van der Waals surface area contributed by atoms with Crippen molar-refractivity contribution in [2.24, 2.45) is 15.9 Å². The Labute approximate surface area is 221 Å². The summed E-state index contributed by atoms with van der Waals surface area (Å²) in [6, 6.07) is 5.28. The van der Waals surface area contributed by atoms with Crippen molar-refractivity contribution in [3.63, 3.8) is 0 Å². The summed E-state index contributed by atoms with van der Waals surface area (Å²) in [5.41, 5.74) is 2.52. The monoisotopic (exact) mass is 523 g/mol. The quantitative estimate of drug-likeness (QED) is 0.264. The van der Waals surface area contributed by atoms with Crippen LogP contribution in [0.2, 0.25) is 0 Å². The Bertz CT molecular complexity index is 1340. The lowest BCUT2D eigenvalue weighted by molar-refractivity contribution is -0.0709. The average Bonchev–Trinajstić information content (AvgIpc) is 3.24. The topological polar surface area (TPSA) is 123 Å². The maximum atomic E-state index is 13.3. The Hall–Kier alpha value is -3.41. The first-order valence-corrected chi connectivity index (χ1v) is 12.8. The summed E-state index contributed by atoms with van der Waals surface area (Å²) >= 11 is 0. The third-order valence-corrected chi connectivity index (χ3v) is 7.31. The van der Waals surface area contributed by atoms with Crippen molar-refractivity contribution in [2.45, 2.75) is 51.3 Å². The fourth-order valence-electron chi connectivity index (χ4n) is 4.98. The van der Waals surface area contributed by atoms with E-state index < -0.39 is 11.4 Å². The van der Waals surface area contributed by atoms with E-state index in [0.717, 1.165) is 62.1 Å². The summed E-state index contributed by atoms with van der Waals surface area (Å²) < 4.78 is 26.5. The second kappa shape index (κ2) is 10.8. The van der Waals surface area contributed by atoms with Gasteiger partial charge in [-0.25, -0.2) is 8.91 Å². The van der Waals surface area contributed by atoms with E-state index in [9.17, 15) is 9.50 Å². The number of rotatable bonds is 8. The van der Waals surface area contributed by atoms with Gasteiger partial charge in [0.1, 0.15) is 35.0 Å². The number of hydrogen-bond acceptors (Lipinski definition) is 9. The number of piperidine rings is 1. The van der Waals surface area contributed by atoms with Gasteiger partial charge in [0.15, 0.2) is 0 Å². The molecule has 3 N–H and O–H groups in total. The van der Waals surface area contributed by atoms with Crippen molar-refractivity contribution < 1.29 is 19.0 Å². The minimum atomic E-state index is -1.45. The number of aryl methyl sites for hydroxylation is 1. The molecular weight excluding hydrogens is 489 g/mol. The highest BCUT2D eigenvalue weighted by Crippen LogP contribution is 2.28. The number of aliphatic imine (C=N–C) groups is 1. The molecule has 0 spiro atoms. The molecule has 3 aromatic rings. The van der Waals surface area contributed by atoms with Crippen LogP contribution in [0.3, 0.4) is 0 Å². The minimum Gasteiger partial charge on any atom is -0.488 e. The first-order valence-electron chi connectivity index (χ1n) is 12.8. The van der Waals surface area contributed by atoms with Gasteiger partial charge in [0.25, 0.3) is 0 Å². The van der Waals surface area contributed by atoms with Crippen LogP contribution in [0.5, 0.6) is 5.75 Å². The van der Waals surface area contributed by atoms with Crippen LogP contribution in [0.25, 0.3) is 5.52 Å². The lowest BCUT2D eigenvalue weighted by Gasteiger charge is -2.40. The SMILES string of the molecule is CC(=NC1CCN(C2COC2)CC1)/C(=N\N)c1cc(OC[C@](C)(O)c2ccc(F)cn2)c2c(C)cnn2c1. The van der Waals surface area contributed by atoms with Gasteiger partial charge in [-0.05, 0) is 57.4 Å². The van der Waals surface area contributed by atoms with E-state index in [2.05, 4.69) is 20.1 Å². The second-order valence-electron chi connectivity index (χ2n) is 10.3. The van der Waals surface area contributed by atoms with Crippen LogP contribution in [-0.2, 0) is 10.3 Å². The molecule has 0 amide bonds. The zero-order valence-electron chi connectivity index (χ0n) is 22.0. The molecule has 2 fully saturated rings. The third-order valence-electron chi connectivity index (χ3n) is 7.31. The minimum absolute atomic E-state index is 0.109. The number of fused-ring (bicyclic) bond motifs is 1. The molecule has 0 aromatic carbocycles. The van der Waals surface area contributed by atoms with Crippen molar-refractivity contribution in [1.82, 2.24) is 19.5 Å². The van der Waals surface area contributed by atoms with Gasteiger partial charge in [-0.1, -0.05) is 0 Å². The molecule has 1 atom stereocenters. The highest BCUT2D eigenvalue weighted by molar-refractivity contribution is 6.47. The fourth-order valence-corrected chi connectivity index (χ4v) is 4.98. The van der Waals surface area contributed by atoms with E-state index in [4.69, 9.17) is 20.3 Å². The number of nitrogens with two attached hydrogens (primary N) is 1. The smallest absolute Gasteiger partial charge is 0.146 e. The van der Waals surface area contributed by atoms with Gasteiger partial charge >= 0.3 is 0 Å². The van der Waals surface area contributed by atoms with Gasteiger partial charge in [-0.15, -0.1) is 0 Å². The Morgan fingerprint density at radius 1 is 1.29 bits per heavy atom.